The van der Waals surface area contributed by atoms with Crippen molar-refractivity contribution in [2.45, 2.75) is 0 Å². The van der Waals surface area contributed by atoms with E-state index < -0.39 is 0 Å². The summed E-state index contributed by atoms with van der Waals surface area (Å²) in [6.45, 7) is 0.314. The van der Waals surface area contributed by atoms with Crippen molar-refractivity contribution in [3.8, 4) is 18.1 Å². The van der Waals surface area contributed by atoms with Crippen molar-refractivity contribution in [2.24, 2.45) is 0 Å². The van der Waals surface area contributed by atoms with Crippen LogP contribution in [0.4, 0.5) is 0 Å². The second kappa shape index (κ2) is 4.54. The van der Waals surface area contributed by atoms with Crippen LogP contribution in [0.25, 0.3) is 10.8 Å². The van der Waals surface area contributed by atoms with E-state index in [4.69, 9.17) is 11.2 Å². The predicted molar refractivity (Wildman–Crippen MR) is 71.0 cm³/mol. The van der Waals surface area contributed by atoms with Gasteiger partial charge in [0.25, 0.3) is 0 Å². The lowest BCUT2D eigenvalue weighted by Gasteiger charge is -2.06. The highest BCUT2D eigenvalue weighted by molar-refractivity contribution is 14.1. The van der Waals surface area contributed by atoms with E-state index in [-0.39, 0.29) is 0 Å². The van der Waals surface area contributed by atoms with Crippen molar-refractivity contribution < 1.29 is 4.74 Å². The highest BCUT2D eigenvalue weighted by Gasteiger charge is 2.02. The van der Waals surface area contributed by atoms with Crippen molar-refractivity contribution in [2.75, 3.05) is 6.61 Å². The lowest BCUT2D eigenvalue weighted by molar-refractivity contribution is 0.368. The molecule has 0 heterocycles. The van der Waals surface area contributed by atoms with E-state index in [9.17, 15) is 0 Å². The van der Waals surface area contributed by atoms with Crippen LogP contribution >= 0.6 is 22.6 Å². The molecule has 2 aromatic carbocycles. The first-order chi connectivity index (χ1) is 7.31. The molecule has 2 rings (SSSR count). The van der Waals surface area contributed by atoms with Gasteiger partial charge in [-0.1, -0.05) is 30.2 Å². The second-order valence-electron chi connectivity index (χ2n) is 3.12. The van der Waals surface area contributed by atoms with Gasteiger partial charge in [0.05, 0.1) is 3.57 Å². The van der Waals surface area contributed by atoms with Crippen molar-refractivity contribution in [3.05, 3.63) is 40.0 Å². The topological polar surface area (TPSA) is 9.23 Å². The molecule has 0 aromatic heterocycles. The Kier molecular flexibility index (Phi) is 3.12. The normalized spacial score (nSPS) is 9.87. The first-order valence-electron chi connectivity index (χ1n) is 4.56. The summed E-state index contributed by atoms with van der Waals surface area (Å²) in [6, 6.07) is 12.3. The van der Waals surface area contributed by atoms with E-state index in [1.54, 1.807) is 0 Å². The maximum absolute atomic E-state index is 5.45. The Morgan fingerprint density at radius 1 is 1.20 bits per heavy atom. The number of terminal acetylenes is 1. The zero-order valence-corrected chi connectivity index (χ0v) is 10.2. The molecule has 0 aliphatic heterocycles. The SMILES string of the molecule is C#CCOc1cc2ccccc2cc1I. The Bertz CT molecular complexity index is 526. The van der Waals surface area contributed by atoms with Gasteiger partial charge in [-0.15, -0.1) is 6.42 Å². The molecule has 0 radical (unpaired) electrons. The lowest BCUT2D eigenvalue weighted by atomic mass is 10.1. The quantitative estimate of drug-likeness (QED) is 0.610. The van der Waals surface area contributed by atoms with Crippen molar-refractivity contribution in [1.82, 2.24) is 0 Å². The summed E-state index contributed by atoms with van der Waals surface area (Å²) in [5.41, 5.74) is 0. The zero-order valence-electron chi connectivity index (χ0n) is 8.03. The van der Waals surface area contributed by atoms with E-state index in [1.807, 2.05) is 18.2 Å². The van der Waals surface area contributed by atoms with E-state index in [0.29, 0.717) is 6.61 Å². The van der Waals surface area contributed by atoms with Gasteiger partial charge in [-0.3, -0.25) is 0 Å². The summed E-state index contributed by atoms with van der Waals surface area (Å²) in [4.78, 5) is 0. The van der Waals surface area contributed by atoms with Gasteiger partial charge in [0, 0.05) is 0 Å². The molecule has 0 saturated carbocycles. The first-order valence-corrected chi connectivity index (χ1v) is 5.63. The Morgan fingerprint density at radius 2 is 1.87 bits per heavy atom. The third-order valence-electron chi connectivity index (χ3n) is 2.11. The number of fused-ring (bicyclic) bond motifs is 1. The molecule has 2 aromatic rings. The summed E-state index contributed by atoms with van der Waals surface area (Å²) < 4.78 is 6.54. The van der Waals surface area contributed by atoms with Gasteiger partial charge in [-0.2, -0.15) is 0 Å². The Hall–Kier alpha value is -1.21. The first kappa shape index (κ1) is 10.3. The minimum Gasteiger partial charge on any atom is -0.480 e. The standard InChI is InChI=1S/C13H9IO/c1-2-7-15-13-9-11-6-4-3-5-10(11)8-12(13)14/h1,3-6,8-9H,7H2. The molecule has 0 atom stereocenters. The predicted octanol–water partition coefficient (Wildman–Crippen LogP) is 3.46. The van der Waals surface area contributed by atoms with Crippen LogP contribution in [0.1, 0.15) is 0 Å². The fourth-order valence-electron chi connectivity index (χ4n) is 1.42. The van der Waals surface area contributed by atoms with Crippen molar-refractivity contribution >= 4 is 33.4 Å². The van der Waals surface area contributed by atoms with E-state index in [0.717, 1.165) is 9.32 Å². The third-order valence-corrected chi connectivity index (χ3v) is 2.95. The molecule has 0 aliphatic rings. The van der Waals surface area contributed by atoms with Gasteiger partial charge in [0.15, 0.2) is 0 Å². The Labute approximate surface area is 103 Å². The van der Waals surface area contributed by atoms with Crippen molar-refractivity contribution in [3.63, 3.8) is 0 Å². The van der Waals surface area contributed by atoms with Gasteiger partial charge in [-0.05, 0) is 45.5 Å². The molecule has 1 nitrogen and oxygen atoms in total. The summed E-state index contributed by atoms with van der Waals surface area (Å²) in [5.74, 6) is 3.32. The van der Waals surface area contributed by atoms with Crippen LogP contribution in [-0.4, -0.2) is 6.61 Å². The van der Waals surface area contributed by atoms with E-state index >= 15 is 0 Å². The Morgan fingerprint density at radius 3 is 2.53 bits per heavy atom. The number of hydrogen-bond acceptors (Lipinski definition) is 1. The molecule has 0 spiro atoms. The number of rotatable bonds is 2. The van der Waals surface area contributed by atoms with E-state index in [2.05, 4.69) is 46.7 Å². The van der Waals surface area contributed by atoms with Crippen LogP contribution in [0.15, 0.2) is 36.4 Å². The van der Waals surface area contributed by atoms with Crippen LogP contribution in [0, 0.1) is 15.9 Å². The number of benzene rings is 2. The minimum absolute atomic E-state index is 0.314. The van der Waals surface area contributed by atoms with Crippen LogP contribution in [0.2, 0.25) is 0 Å². The zero-order chi connectivity index (χ0) is 10.7. The molecule has 74 valence electrons. The monoisotopic (exact) mass is 308 g/mol. The summed E-state index contributed by atoms with van der Waals surface area (Å²) >= 11 is 2.25. The van der Waals surface area contributed by atoms with Gasteiger partial charge >= 0.3 is 0 Å². The third kappa shape index (κ3) is 2.24. The van der Waals surface area contributed by atoms with Gasteiger partial charge in [0.1, 0.15) is 12.4 Å². The van der Waals surface area contributed by atoms with Crippen LogP contribution in [-0.2, 0) is 0 Å². The molecule has 15 heavy (non-hydrogen) atoms. The lowest BCUT2D eigenvalue weighted by Crippen LogP contribution is -1.95. The molecular formula is C13H9IO. The molecule has 2 heteroatoms. The average Bonchev–Trinajstić information content (AvgIpc) is 2.26. The minimum atomic E-state index is 0.314. The van der Waals surface area contributed by atoms with Crippen molar-refractivity contribution in [1.29, 1.82) is 0 Å². The van der Waals surface area contributed by atoms with E-state index in [1.165, 1.54) is 10.8 Å². The molecule has 0 bridgehead atoms. The largest absolute Gasteiger partial charge is 0.480 e. The van der Waals surface area contributed by atoms with Gasteiger partial charge < -0.3 is 4.74 Å². The second-order valence-corrected chi connectivity index (χ2v) is 4.28. The summed E-state index contributed by atoms with van der Waals surface area (Å²) in [5, 5.41) is 2.39. The molecule has 0 unspecified atom stereocenters. The highest BCUT2D eigenvalue weighted by Crippen LogP contribution is 2.27. The van der Waals surface area contributed by atoms with Gasteiger partial charge in [-0.25, -0.2) is 0 Å². The molecule has 0 N–H and O–H groups in total. The highest BCUT2D eigenvalue weighted by atomic mass is 127. The number of ether oxygens (including phenoxy) is 1. The number of hydrogen-bond donors (Lipinski definition) is 0. The molecule has 0 fully saturated rings. The molecule has 0 amide bonds. The molecule has 0 aliphatic carbocycles. The van der Waals surface area contributed by atoms with Crippen LogP contribution in [0.5, 0.6) is 5.75 Å². The number of halogens is 1. The maximum atomic E-state index is 5.45. The summed E-state index contributed by atoms with van der Waals surface area (Å²) in [6.07, 6.45) is 5.16. The van der Waals surface area contributed by atoms with Crippen LogP contribution in [0.3, 0.4) is 0 Å². The smallest absolute Gasteiger partial charge is 0.148 e. The molecule has 0 saturated heterocycles. The van der Waals surface area contributed by atoms with Crippen LogP contribution < -0.4 is 4.74 Å². The molecular weight excluding hydrogens is 299 g/mol. The fourth-order valence-corrected chi connectivity index (χ4v) is 2.07. The average molecular weight is 308 g/mol. The van der Waals surface area contributed by atoms with Gasteiger partial charge in [0.2, 0.25) is 0 Å². The Balaban J connectivity index is 2.48. The maximum Gasteiger partial charge on any atom is 0.148 e. The summed E-state index contributed by atoms with van der Waals surface area (Å²) in [7, 11) is 0. The fraction of sp³-hybridized carbons (Fsp3) is 0.0769.